The highest BCUT2D eigenvalue weighted by Gasteiger charge is 2.20. The maximum absolute atomic E-state index is 6.12. The minimum absolute atomic E-state index is 0.427. The number of hydrogen-bond donors (Lipinski definition) is 1. The number of aromatic nitrogens is 2. The largest absolute Gasteiger partial charge is 0.481 e. The van der Waals surface area contributed by atoms with Crippen molar-refractivity contribution in [3.8, 4) is 5.88 Å². The molecule has 0 aliphatic carbocycles. The SMILES string of the molecule is COc1ncc(C(C)(C)N)c2cc(Cl)ncc12.c1ccc(P(c2ccccc2)c2ccccc2)cc1. The third-order valence-corrected chi connectivity index (χ3v) is 8.28. The number of ether oxygens (including phenoxy) is 1. The summed E-state index contributed by atoms with van der Waals surface area (Å²) in [6.45, 7) is 3.84. The maximum atomic E-state index is 6.12. The van der Waals surface area contributed by atoms with Crippen LogP contribution in [-0.4, -0.2) is 17.1 Å². The van der Waals surface area contributed by atoms with Gasteiger partial charge in [0.15, 0.2) is 0 Å². The van der Waals surface area contributed by atoms with Gasteiger partial charge in [0, 0.05) is 17.9 Å². The van der Waals surface area contributed by atoms with Crippen molar-refractivity contribution in [1.29, 1.82) is 0 Å². The lowest BCUT2D eigenvalue weighted by molar-refractivity contribution is 0.402. The molecular weight excluding hydrogens is 485 g/mol. The van der Waals surface area contributed by atoms with E-state index in [2.05, 4.69) is 101 Å². The molecule has 2 N–H and O–H groups in total. The summed E-state index contributed by atoms with van der Waals surface area (Å²) in [5, 5.41) is 6.35. The van der Waals surface area contributed by atoms with Gasteiger partial charge in [-0.05, 0) is 54.7 Å². The van der Waals surface area contributed by atoms with Gasteiger partial charge in [0.05, 0.1) is 12.5 Å². The van der Waals surface area contributed by atoms with Gasteiger partial charge in [0.2, 0.25) is 5.88 Å². The second-order valence-corrected chi connectivity index (χ2v) is 11.4. The summed E-state index contributed by atoms with van der Waals surface area (Å²) in [5.41, 5.74) is 6.54. The van der Waals surface area contributed by atoms with E-state index in [1.54, 1.807) is 25.6 Å². The monoisotopic (exact) mass is 513 g/mol. The van der Waals surface area contributed by atoms with Gasteiger partial charge in [-0.1, -0.05) is 103 Å². The normalized spacial score (nSPS) is 11.2. The van der Waals surface area contributed by atoms with Gasteiger partial charge in [0.1, 0.15) is 5.15 Å². The Morgan fingerprint density at radius 3 is 1.61 bits per heavy atom. The quantitative estimate of drug-likeness (QED) is 0.234. The van der Waals surface area contributed by atoms with Crippen LogP contribution in [0.2, 0.25) is 5.15 Å². The Morgan fingerprint density at radius 2 is 1.19 bits per heavy atom. The van der Waals surface area contributed by atoms with Crippen molar-refractivity contribution in [2.75, 3.05) is 7.11 Å². The van der Waals surface area contributed by atoms with Gasteiger partial charge in [-0.2, -0.15) is 0 Å². The summed E-state index contributed by atoms with van der Waals surface area (Å²) < 4.78 is 5.20. The molecule has 0 aliphatic rings. The number of halogens is 1. The average Bonchev–Trinajstić information content (AvgIpc) is 2.90. The molecular formula is C30H29ClN3OP. The molecule has 0 amide bonds. The summed E-state index contributed by atoms with van der Waals surface area (Å²) in [4.78, 5) is 8.28. The average molecular weight is 514 g/mol. The van der Waals surface area contributed by atoms with E-state index in [9.17, 15) is 0 Å². The summed E-state index contributed by atoms with van der Waals surface area (Å²) in [7, 11) is 1.13. The molecule has 5 rings (SSSR count). The zero-order valence-electron chi connectivity index (χ0n) is 20.6. The number of fused-ring (bicyclic) bond motifs is 1. The molecule has 2 aromatic heterocycles. The molecule has 0 saturated heterocycles. The van der Waals surface area contributed by atoms with Crippen LogP contribution >= 0.6 is 19.5 Å². The van der Waals surface area contributed by atoms with Gasteiger partial charge in [-0.25, -0.2) is 9.97 Å². The number of pyridine rings is 2. The van der Waals surface area contributed by atoms with Crippen LogP contribution in [0.25, 0.3) is 10.8 Å². The molecule has 4 nitrogen and oxygen atoms in total. The van der Waals surface area contributed by atoms with E-state index in [0.717, 1.165) is 16.3 Å². The van der Waals surface area contributed by atoms with Crippen molar-refractivity contribution < 1.29 is 4.74 Å². The van der Waals surface area contributed by atoms with Crippen molar-refractivity contribution in [2.45, 2.75) is 19.4 Å². The summed E-state index contributed by atoms with van der Waals surface area (Å²) in [6, 6.07) is 34.1. The van der Waals surface area contributed by atoms with Crippen LogP contribution in [0.3, 0.4) is 0 Å². The first-order valence-corrected chi connectivity index (χ1v) is 13.3. The molecule has 2 heterocycles. The van der Waals surface area contributed by atoms with E-state index >= 15 is 0 Å². The van der Waals surface area contributed by atoms with E-state index < -0.39 is 13.5 Å². The fraction of sp³-hybridized carbons (Fsp3) is 0.133. The van der Waals surface area contributed by atoms with Crippen LogP contribution in [0.4, 0.5) is 0 Å². The summed E-state index contributed by atoms with van der Waals surface area (Å²) >= 11 is 5.92. The van der Waals surface area contributed by atoms with Crippen molar-refractivity contribution >= 4 is 46.2 Å². The van der Waals surface area contributed by atoms with Crippen molar-refractivity contribution in [3.05, 3.63) is 120 Å². The lowest BCUT2D eigenvalue weighted by Crippen LogP contribution is -2.29. The Kier molecular flexibility index (Phi) is 8.32. The van der Waals surface area contributed by atoms with Crippen LogP contribution < -0.4 is 26.4 Å². The van der Waals surface area contributed by atoms with Crippen LogP contribution in [0.15, 0.2) is 109 Å². The van der Waals surface area contributed by atoms with Crippen LogP contribution in [0.5, 0.6) is 5.88 Å². The Bertz CT molecular complexity index is 1310. The lowest BCUT2D eigenvalue weighted by Gasteiger charge is -2.21. The molecule has 0 spiro atoms. The maximum Gasteiger partial charge on any atom is 0.222 e. The predicted octanol–water partition coefficient (Wildman–Crippen LogP) is 5.93. The number of nitrogens with zero attached hydrogens (tertiary/aromatic N) is 2. The summed E-state index contributed by atoms with van der Waals surface area (Å²) in [5.74, 6) is 0.525. The fourth-order valence-corrected chi connectivity index (χ4v) is 6.40. The van der Waals surface area contributed by atoms with Gasteiger partial charge in [-0.15, -0.1) is 0 Å². The van der Waals surface area contributed by atoms with Crippen LogP contribution in [-0.2, 0) is 5.54 Å². The molecule has 5 aromatic rings. The molecule has 0 bridgehead atoms. The number of hydrogen-bond acceptors (Lipinski definition) is 4. The van der Waals surface area contributed by atoms with Crippen molar-refractivity contribution in [1.82, 2.24) is 9.97 Å². The minimum Gasteiger partial charge on any atom is -0.481 e. The second-order valence-electron chi connectivity index (χ2n) is 8.80. The molecule has 3 aromatic carbocycles. The molecule has 0 unspecified atom stereocenters. The highest BCUT2D eigenvalue weighted by molar-refractivity contribution is 7.79. The molecule has 0 fully saturated rings. The van der Waals surface area contributed by atoms with E-state index in [4.69, 9.17) is 22.1 Å². The van der Waals surface area contributed by atoms with Crippen LogP contribution in [0, 0.1) is 0 Å². The molecule has 0 atom stereocenters. The third kappa shape index (κ3) is 6.09. The lowest BCUT2D eigenvalue weighted by atomic mass is 9.93. The van der Waals surface area contributed by atoms with Gasteiger partial charge >= 0.3 is 0 Å². The van der Waals surface area contributed by atoms with E-state index in [-0.39, 0.29) is 0 Å². The molecule has 182 valence electrons. The Balaban J connectivity index is 0.000000170. The highest BCUT2D eigenvalue weighted by atomic mass is 35.5. The topological polar surface area (TPSA) is 61.0 Å². The Morgan fingerprint density at radius 1 is 0.722 bits per heavy atom. The third-order valence-electron chi connectivity index (χ3n) is 5.63. The zero-order chi connectivity index (χ0) is 25.5. The van der Waals surface area contributed by atoms with Crippen molar-refractivity contribution in [3.63, 3.8) is 0 Å². The highest BCUT2D eigenvalue weighted by Crippen LogP contribution is 2.33. The van der Waals surface area contributed by atoms with Gasteiger partial charge in [-0.3, -0.25) is 0 Å². The molecule has 6 heteroatoms. The predicted molar refractivity (Wildman–Crippen MR) is 153 cm³/mol. The Hall–Kier alpha value is -3.30. The number of nitrogens with two attached hydrogens (primary N) is 1. The number of benzene rings is 3. The second kappa shape index (κ2) is 11.6. The first-order valence-electron chi connectivity index (χ1n) is 11.6. The molecule has 0 aliphatic heterocycles. The molecule has 0 radical (unpaired) electrons. The molecule has 0 saturated carbocycles. The van der Waals surface area contributed by atoms with Gasteiger partial charge in [0.25, 0.3) is 0 Å². The van der Waals surface area contributed by atoms with Gasteiger partial charge < -0.3 is 10.5 Å². The first kappa shape index (κ1) is 25.8. The minimum atomic E-state index is -0.498. The van der Waals surface area contributed by atoms with Crippen molar-refractivity contribution in [2.24, 2.45) is 5.73 Å². The van der Waals surface area contributed by atoms with E-state index in [0.29, 0.717) is 11.0 Å². The van der Waals surface area contributed by atoms with E-state index in [1.807, 2.05) is 13.8 Å². The first-order chi connectivity index (χ1) is 17.4. The fourth-order valence-electron chi connectivity index (χ4n) is 3.94. The Labute approximate surface area is 218 Å². The smallest absolute Gasteiger partial charge is 0.222 e. The van der Waals surface area contributed by atoms with Crippen LogP contribution in [0.1, 0.15) is 19.4 Å². The summed E-state index contributed by atoms with van der Waals surface area (Å²) in [6.07, 6.45) is 3.37. The molecule has 36 heavy (non-hydrogen) atoms. The standard InChI is InChI=1S/C18H15P.C12H14ClN3O/c1-4-10-16(11-5-1)19(17-12-6-2-7-13-17)18-14-8-3-9-15-18;1-12(2,14)9-6-16-11(17-3)8-5-15-10(13)4-7(8)9/h1-15H;4-6H,14H2,1-3H3. The van der Waals surface area contributed by atoms with E-state index in [1.165, 1.54) is 15.9 Å². The number of methoxy groups -OCH3 is 1. The zero-order valence-corrected chi connectivity index (χ0v) is 22.2. The number of rotatable bonds is 5.